The second-order valence-electron chi connectivity index (χ2n) is 6.40. The molecular weight excluding hydrogens is 353 g/mol. The van der Waals surface area contributed by atoms with E-state index in [0.29, 0.717) is 35.4 Å². The molecule has 8 heteroatoms. The van der Waals surface area contributed by atoms with Crippen molar-refractivity contribution in [1.29, 1.82) is 0 Å². The van der Waals surface area contributed by atoms with Crippen molar-refractivity contribution in [3.8, 4) is 0 Å². The van der Waals surface area contributed by atoms with Crippen molar-refractivity contribution < 1.29 is 14.3 Å². The van der Waals surface area contributed by atoms with E-state index in [9.17, 15) is 9.59 Å². The van der Waals surface area contributed by atoms with Crippen LogP contribution in [0.2, 0.25) is 10.0 Å². The molecule has 1 atom stereocenters. The first-order valence-electron chi connectivity index (χ1n) is 7.76. The zero-order chi connectivity index (χ0) is 17.5. The van der Waals surface area contributed by atoms with Crippen molar-refractivity contribution in [2.75, 3.05) is 32.0 Å². The maximum absolute atomic E-state index is 12.6. The second kappa shape index (κ2) is 6.33. The summed E-state index contributed by atoms with van der Waals surface area (Å²) in [6.45, 7) is 3.28. The van der Waals surface area contributed by atoms with Crippen molar-refractivity contribution in [3.63, 3.8) is 0 Å². The van der Waals surface area contributed by atoms with Crippen LogP contribution >= 0.6 is 23.2 Å². The fourth-order valence-electron chi connectivity index (χ4n) is 3.23. The Bertz CT molecular complexity index is 697. The van der Waals surface area contributed by atoms with Crippen LogP contribution in [0.1, 0.15) is 18.4 Å². The van der Waals surface area contributed by atoms with E-state index in [1.807, 2.05) is 0 Å². The molecule has 2 saturated heterocycles. The lowest BCUT2D eigenvalue weighted by Crippen LogP contribution is -2.53. The smallest absolute Gasteiger partial charge is 0.410 e. The van der Waals surface area contributed by atoms with E-state index in [0.717, 1.165) is 18.4 Å². The molecule has 0 bridgehead atoms. The molecule has 2 fully saturated rings. The van der Waals surface area contributed by atoms with Gasteiger partial charge in [0.2, 0.25) is 0 Å². The standard InChI is InChI=1S/C16H19Cl2N3O3/c1-10-11(17)4-5-12(13(10)18)19-14(22)21-7-3-6-16(9-21)8-20(2)15(23)24-16/h4-5H,3,6-9H2,1-2H3,(H,19,22)/t16-/m1/s1. The van der Waals surface area contributed by atoms with Crippen LogP contribution in [0.4, 0.5) is 15.3 Å². The fourth-order valence-corrected chi connectivity index (χ4v) is 3.65. The Morgan fingerprint density at radius 3 is 2.75 bits per heavy atom. The Kier molecular flexibility index (Phi) is 4.53. The van der Waals surface area contributed by atoms with Crippen LogP contribution in [0, 0.1) is 6.92 Å². The molecule has 1 aromatic carbocycles. The minimum Gasteiger partial charge on any atom is -0.439 e. The molecule has 0 radical (unpaired) electrons. The van der Waals surface area contributed by atoms with Gasteiger partial charge in [-0.05, 0) is 37.5 Å². The molecule has 1 N–H and O–H groups in total. The Morgan fingerprint density at radius 1 is 1.33 bits per heavy atom. The number of amides is 3. The summed E-state index contributed by atoms with van der Waals surface area (Å²) in [7, 11) is 1.70. The van der Waals surface area contributed by atoms with Gasteiger partial charge in [-0.3, -0.25) is 0 Å². The summed E-state index contributed by atoms with van der Waals surface area (Å²) in [5, 5.41) is 3.80. The molecule has 2 aliphatic heterocycles. The van der Waals surface area contributed by atoms with E-state index in [-0.39, 0.29) is 12.1 Å². The van der Waals surface area contributed by atoms with E-state index in [4.69, 9.17) is 27.9 Å². The van der Waals surface area contributed by atoms with Gasteiger partial charge < -0.3 is 19.9 Å². The minimum absolute atomic E-state index is 0.261. The Hall–Kier alpha value is -1.66. The largest absolute Gasteiger partial charge is 0.439 e. The summed E-state index contributed by atoms with van der Waals surface area (Å²) in [6.07, 6.45) is 1.20. The number of rotatable bonds is 1. The number of nitrogens with one attached hydrogen (secondary N) is 1. The summed E-state index contributed by atoms with van der Waals surface area (Å²) >= 11 is 12.3. The minimum atomic E-state index is -0.610. The number of nitrogens with zero attached hydrogens (tertiary/aromatic N) is 2. The van der Waals surface area contributed by atoms with Crippen LogP contribution in [0.3, 0.4) is 0 Å². The van der Waals surface area contributed by atoms with E-state index in [2.05, 4.69) is 5.32 Å². The van der Waals surface area contributed by atoms with Crippen LogP contribution in [0.5, 0.6) is 0 Å². The van der Waals surface area contributed by atoms with Gasteiger partial charge in [0.15, 0.2) is 0 Å². The summed E-state index contributed by atoms with van der Waals surface area (Å²) < 4.78 is 5.51. The Morgan fingerprint density at radius 2 is 2.08 bits per heavy atom. The number of halogens is 2. The Labute approximate surface area is 150 Å². The monoisotopic (exact) mass is 371 g/mol. The highest BCUT2D eigenvalue weighted by molar-refractivity contribution is 6.38. The van der Waals surface area contributed by atoms with Crippen LogP contribution in [0.25, 0.3) is 0 Å². The van der Waals surface area contributed by atoms with E-state index in [1.54, 1.807) is 35.9 Å². The number of likely N-dealkylation sites (N-methyl/N-ethyl adjacent to an activating group) is 1. The highest BCUT2D eigenvalue weighted by Gasteiger charge is 2.47. The number of hydrogen-bond acceptors (Lipinski definition) is 3. The second-order valence-corrected chi connectivity index (χ2v) is 7.18. The van der Waals surface area contributed by atoms with E-state index >= 15 is 0 Å². The van der Waals surface area contributed by atoms with Crippen molar-refractivity contribution in [2.24, 2.45) is 0 Å². The molecule has 130 valence electrons. The number of ether oxygens (including phenoxy) is 1. The number of anilines is 1. The highest BCUT2D eigenvalue weighted by Crippen LogP contribution is 2.33. The highest BCUT2D eigenvalue weighted by atomic mass is 35.5. The van der Waals surface area contributed by atoms with Crippen molar-refractivity contribution in [1.82, 2.24) is 9.80 Å². The first-order chi connectivity index (χ1) is 11.3. The molecular formula is C16H19Cl2N3O3. The van der Waals surface area contributed by atoms with Crippen molar-refractivity contribution >= 4 is 41.0 Å². The normalized spacial score (nSPS) is 23.6. The van der Waals surface area contributed by atoms with Gasteiger partial charge in [-0.25, -0.2) is 9.59 Å². The SMILES string of the molecule is Cc1c(Cl)ccc(NC(=O)N2CCC[C@@]3(CN(C)C(=O)O3)C2)c1Cl. The zero-order valence-corrected chi connectivity index (χ0v) is 15.1. The predicted octanol–water partition coefficient (Wildman–Crippen LogP) is 3.75. The Balaban J connectivity index is 1.72. The maximum atomic E-state index is 12.6. The van der Waals surface area contributed by atoms with Crippen LogP contribution < -0.4 is 5.32 Å². The van der Waals surface area contributed by atoms with E-state index in [1.165, 1.54) is 0 Å². The van der Waals surface area contributed by atoms with Gasteiger partial charge in [-0.1, -0.05) is 23.2 Å². The third kappa shape index (κ3) is 3.13. The van der Waals surface area contributed by atoms with Gasteiger partial charge >= 0.3 is 12.1 Å². The van der Waals surface area contributed by atoms with Gasteiger partial charge in [-0.15, -0.1) is 0 Å². The number of piperidine rings is 1. The van der Waals surface area contributed by atoms with Gasteiger partial charge in [-0.2, -0.15) is 0 Å². The van der Waals surface area contributed by atoms with Gasteiger partial charge in [0.25, 0.3) is 0 Å². The van der Waals surface area contributed by atoms with E-state index < -0.39 is 5.60 Å². The quantitative estimate of drug-likeness (QED) is 0.817. The number of likely N-dealkylation sites (tertiary alicyclic amines) is 1. The van der Waals surface area contributed by atoms with Gasteiger partial charge in [0.05, 0.1) is 23.8 Å². The molecule has 2 heterocycles. The lowest BCUT2D eigenvalue weighted by molar-refractivity contribution is 0.00497. The topological polar surface area (TPSA) is 61.9 Å². The summed E-state index contributed by atoms with van der Waals surface area (Å²) in [4.78, 5) is 27.5. The molecule has 0 aromatic heterocycles. The molecule has 1 aromatic rings. The number of carbonyl (C=O) groups excluding carboxylic acids is 2. The fraction of sp³-hybridized carbons (Fsp3) is 0.500. The number of benzene rings is 1. The molecule has 2 aliphatic rings. The molecule has 24 heavy (non-hydrogen) atoms. The predicted molar refractivity (Wildman–Crippen MR) is 92.9 cm³/mol. The lowest BCUT2D eigenvalue weighted by Gasteiger charge is -2.38. The molecule has 3 amide bonds. The summed E-state index contributed by atoms with van der Waals surface area (Å²) in [5.41, 5.74) is 0.627. The van der Waals surface area contributed by atoms with Gasteiger partial charge in [0.1, 0.15) is 5.60 Å². The lowest BCUT2D eigenvalue weighted by atomic mass is 9.93. The molecule has 6 nitrogen and oxygen atoms in total. The molecule has 1 spiro atoms. The molecule has 0 unspecified atom stereocenters. The third-order valence-electron chi connectivity index (χ3n) is 4.53. The third-order valence-corrected chi connectivity index (χ3v) is 5.43. The summed E-state index contributed by atoms with van der Waals surface area (Å²) in [5.74, 6) is 0. The average Bonchev–Trinajstić information content (AvgIpc) is 2.81. The van der Waals surface area contributed by atoms with Gasteiger partial charge in [0, 0.05) is 18.6 Å². The molecule has 0 saturated carbocycles. The molecule has 0 aliphatic carbocycles. The van der Waals surface area contributed by atoms with Crippen LogP contribution in [-0.4, -0.2) is 54.2 Å². The molecule has 3 rings (SSSR count). The van der Waals surface area contributed by atoms with Crippen molar-refractivity contribution in [2.45, 2.75) is 25.4 Å². The zero-order valence-electron chi connectivity index (χ0n) is 13.6. The first-order valence-corrected chi connectivity index (χ1v) is 8.51. The number of carbonyl (C=O) groups is 2. The number of urea groups is 1. The first kappa shape index (κ1) is 17.2. The number of hydrogen-bond donors (Lipinski definition) is 1. The van der Waals surface area contributed by atoms with Crippen molar-refractivity contribution in [3.05, 3.63) is 27.7 Å². The summed E-state index contributed by atoms with van der Waals surface area (Å²) in [6, 6.07) is 3.12. The van der Waals surface area contributed by atoms with Crippen LogP contribution in [0.15, 0.2) is 12.1 Å². The average molecular weight is 372 g/mol. The maximum Gasteiger partial charge on any atom is 0.410 e. The van der Waals surface area contributed by atoms with Crippen LogP contribution in [-0.2, 0) is 4.74 Å².